The summed E-state index contributed by atoms with van der Waals surface area (Å²) in [5.41, 5.74) is 0.162. The molecule has 114 valence electrons. The first-order valence-electron chi connectivity index (χ1n) is 7.26. The fraction of sp³-hybridized carbons (Fsp3) is 1.00. The van der Waals surface area contributed by atoms with Gasteiger partial charge in [0.2, 0.25) is 0 Å². The van der Waals surface area contributed by atoms with Gasteiger partial charge >= 0.3 is 0 Å². The van der Waals surface area contributed by atoms with Gasteiger partial charge < -0.3 is 19.5 Å². The molecule has 0 saturated heterocycles. The average molecular weight is 273 g/mol. The summed E-state index contributed by atoms with van der Waals surface area (Å²) in [4.78, 5) is 0. The van der Waals surface area contributed by atoms with Crippen molar-refractivity contribution in [3.63, 3.8) is 0 Å². The smallest absolute Gasteiger partial charge is 0.171 e. The highest BCUT2D eigenvalue weighted by molar-refractivity contribution is 5.03. The van der Waals surface area contributed by atoms with E-state index < -0.39 is 0 Å². The van der Waals surface area contributed by atoms with Crippen LogP contribution in [-0.4, -0.2) is 45.3 Å². The van der Waals surface area contributed by atoms with Crippen molar-refractivity contribution in [2.24, 2.45) is 11.3 Å². The third-order valence-corrected chi connectivity index (χ3v) is 4.15. The Morgan fingerprint density at radius 3 is 2.16 bits per heavy atom. The Morgan fingerprint density at radius 1 is 1.16 bits per heavy atom. The van der Waals surface area contributed by atoms with E-state index in [-0.39, 0.29) is 17.7 Å². The molecule has 1 saturated carbocycles. The monoisotopic (exact) mass is 273 g/mol. The molecular formula is C15H31NO3. The van der Waals surface area contributed by atoms with Crippen molar-refractivity contribution >= 4 is 0 Å². The number of hydrogen-bond acceptors (Lipinski definition) is 4. The third kappa shape index (κ3) is 4.15. The van der Waals surface area contributed by atoms with Gasteiger partial charge in [0.1, 0.15) is 0 Å². The van der Waals surface area contributed by atoms with E-state index in [0.717, 1.165) is 13.0 Å². The Kier molecular flexibility index (Phi) is 6.24. The van der Waals surface area contributed by atoms with Gasteiger partial charge in [0.25, 0.3) is 0 Å². The molecule has 0 heterocycles. The maximum absolute atomic E-state index is 5.98. The van der Waals surface area contributed by atoms with Crippen LogP contribution >= 0.6 is 0 Å². The van der Waals surface area contributed by atoms with E-state index in [0.29, 0.717) is 18.1 Å². The quantitative estimate of drug-likeness (QED) is 0.690. The first-order valence-corrected chi connectivity index (χ1v) is 7.26. The standard InChI is InChI=1S/C15H31NO3/c1-10(2)9-19-13-8-12(15(13,4)5)16-11(3)14(17-6)18-7/h10-14,16H,8-9H2,1-7H3. The summed E-state index contributed by atoms with van der Waals surface area (Å²) in [6.07, 6.45) is 1.21. The SMILES string of the molecule is COC(OC)C(C)NC1CC(OCC(C)C)C1(C)C. The molecule has 1 aliphatic rings. The fourth-order valence-corrected chi connectivity index (χ4v) is 2.66. The van der Waals surface area contributed by atoms with E-state index in [1.807, 2.05) is 0 Å². The molecule has 0 spiro atoms. The van der Waals surface area contributed by atoms with Gasteiger partial charge in [-0.05, 0) is 19.3 Å². The summed E-state index contributed by atoms with van der Waals surface area (Å²) in [7, 11) is 3.35. The second-order valence-electron chi connectivity index (χ2n) is 6.62. The molecule has 0 radical (unpaired) electrons. The van der Waals surface area contributed by atoms with Gasteiger partial charge in [-0.25, -0.2) is 0 Å². The van der Waals surface area contributed by atoms with Crippen molar-refractivity contribution in [1.29, 1.82) is 0 Å². The number of nitrogens with one attached hydrogen (secondary N) is 1. The molecule has 0 aromatic heterocycles. The van der Waals surface area contributed by atoms with Gasteiger partial charge in [-0.1, -0.05) is 27.7 Å². The van der Waals surface area contributed by atoms with Crippen LogP contribution in [0.1, 0.15) is 41.0 Å². The van der Waals surface area contributed by atoms with Gasteiger partial charge in [-0.2, -0.15) is 0 Å². The average Bonchev–Trinajstić information content (AvgIpc) is 2.33. The Bertz CT molecular complexity index is 264. The second-order valence-corrected chi connectivity index (χ2v) is 6.62. The lowest BCUT2D eigenvalue weighted by Gasteiger charge is -2.53. The van der Waals surface area contributed by atoms with E-state index in [9.17, 15) is 0 Å². The van der Waals surface area contributed by atoms with Gasteiger partial charge in [-0.3, -0.25) is 0 Å². The minimum absolute atomic E-state index is 0.162. The highest BCUT2D eigenvalue weighted by Crippen LogP contribution is 2.43. The summed E-state index contributed by atoms with van der Waals surface area (Å²) in [5, 5.41) is 3.60. The Hall–Kier alpha value is -0.160. The van der Waals surface area contributed by atoms with E-state index in [4.69, 9.17) is 14.2 Å². The molecule has 4 nitrogen and oxygen atoms in total. The van der Waals surface area contributed by atoms with Crippen molar-refractivity contribution in [2.75, 3.05) is 20.8 Å². The summed E-state index contributed by atoms with van der Waals surface area (Å²) < 4.78 is 16.6. The Morgan fingerprint density at radius 2 is 1.74 bits per heavy atom. The normalized spacial score (nSPS) is 27.6. The zero-order valence-corrected chi connectivity index (χ0v) is 13.5. The molecule has 1 aliphatic carbocycles. The molecule has 0 bridgehead atoms. The molecule has 0 aromatic carbocycles. The van der Waals surface area contributed by atoms with Crippen molar-refractivity contribution < 1.29 is 14.2 Å². The third-order valence-electron chi connectivity index (χ3n) is 4.15. The van der Waals surface area contributed by atoms with Gasteiger partial charge in [-0.15, -0.1) is 0 Å². The van der Waals surface area contributed by atoms with Crippen LogP contribution in [0, 0.1) is 11.3 Å². The zero-order chi connectivity index (χ0) is 14.6. The summed E-state index contributed by atoms with van der Waals surface area (Å²) in [6.45, 7) is 11.8. The topological polar surface area (TPSA) is 39.7 Å². The van der Waals surface area contributed by atoms with Crippen LogP contribution in [0.2, 0.25) is 0 Å². The summed E-state index contributed by atoms with van der Waals surface area (Å²) >= 11 is 0. The molecule has 19 heavy (non-hydrogen) atoms. The van der Waals surface area contributed by atoms with E-state index in [1.54, 1.807) is 14.2 Å². The van der Waals surface area contributed by atoms with Crippen LogP contribution in [0.15, 0.2) is 0 Å². The lowest BCUT2D eigenvalue weighted by atomic mass is 9.64. The van der Waals surface area contributed by atoms with Gasteiger partial charge in [0.15, 0.2) is 6.29 Å². The van der Waals surface area contributed by atoms with Gasteiger partial charge in [0.05, 0.1) is 12.1 Å². The van der Waals surface area contributed by atoms with Crippen LogP contribution in [0.5, 0.6) is 0 Å². The number of rotatable bonds is 8. The molecule has 1 fully saturated rings. The van der Waals surface area contributed by atoms with Crippen molar-refractivity contribution in [2.45, 2.75) is 65.5 Å². The first-order chi connectivity index (χ1) is 8.82. The lowest BCUT2D eigenvalue weighted by molar-refractivity contribution is -0.150. The molecule has 1 rings (SSSR count). The van der Waals surface area contributed by atoms with Crippen LogP contribution in [0.25, 0.3) is 0 Å². The highest BCUT2D eigenvalue weighted by atomic mass is 16.7. The van der Waals surface area contributed by atoms with E-state index in [1.165, 1.54) is 0 Å². The van der Waals surface area contributed by atoms with E-state index >= 15 is 0 Å². The molecule has 4 heteroatoms. The Balaban J connectivity index is 2.42. The molecule has 1 N–H and O–H groups in total. The van der Waals surface area contributed by atoms with Gasteiger partial charge in [0, 0.05) is 32.3 Å². The van der Waals surface area contributed by atoms with Crippen LogP contribution in [0.3, 0.4) is 0 Å². The zero-order valence-electron chi connectivity index (χ0n) is 13.5. The van der Waals surface area contributed by atoms with Crippen LogP contribution in [0.4, 0.5) is 0 Å². The molecule has 3 unspecified atom stereocenters. The summed E-state index contributed by atoms with van der Waals surface area (Å²) in [6, 6.07) is 0.623. The van der Waals surface area contributed by atoms with Crippen molar-refractivity contribution in [3.05, 3.63) is 0 Å². The molecule has 0 aromatic rings. The van der Waals surface area contributed by atoms with Crippen molar-refractivity contribution in [1.82, 2.24) is 5.32 Å². The molecular weight excluding hydrogens is 242 g/mol. The minimum atomic E-state index is -0.202. The van der Waals surface area contributed by atoms with Crippen LogP contribution in [-0.2, 0) is 14.2 Å². The Labute approximate surface area is 118 Å². The lowest BCUT2D eigenvalue weighted by Crippen LogP contribution is -2.64. The fourth-order valence-electron chi connectivity index (χ4n) is 2.66. The number of hydrogen-bond donors (Lipinski definition) is 1. The minimum Gasteiger partial charge on any atom is -0.377 e. The predicted molar refractivity (Wildman–Crippen MR) is 77.2 cm³/mol. The summed E-state index contributed by atoms with van der Waals surface area (Å²) in [5.74, 6) is 0.591. The molecule has 0 amide bonds. The van der Waals surface area contributed by atoms with E-state index in [2.05, 4.69) is 39.9 Å². The molecule has 0 aliphatic heterocycles. The number of ether oxygens (including phenoxy) is 3. The maximum Gasteiger partial charge on any atom is 0.171 e. The van der Waals surface area contributed by atoms with Crippen LogP contribution < -0.4 is 5.32 Å². The first kappa shape index (κ1) is 16.9. The largest absolute Gasteiger partial charge is 0.377 e. The van der Waals surface area contributed by atoms with Crippen molar-refractivity contribution in [3.8, 4) is 0 Å². The highest BCUT2D eigenvalue weighted by Gasteiger charge is 2.49. The predicted octanol–water partition coefficient (Wildman–Crippen LogP) is 2.42. The number of methoxy groups -OCH3 is 2. The second kappa shape index (κ2) is 7.02. The molecule has 3 atom stereocenters. The maximum atomic E-state index is 5.98.